The number of nitrogens with zero attached hydrogens (tertiary/aromatic N) is 3. The van der Waals surface area contributed by atoms with Gasteiger partial charge in [-0.15, -0.1) is 0 Å². The summed E-state index contributed by atoms with van der Waals surface area (Å²) in [5.41, 5.74) is -0.00495. The third-order valence-corrected chi connectivity index (χ3v) is 4.85. The first-order chi connectivity index (χ1) is 11.9. The zero-order valence-electron chi connectivity index (χ0n) is 15.0. The summed E-state index contributed by atoms with van der Waals surface area (Å²) in [5.74, 6) is 0.448. The van der Waals surface area contributed by atoms with Gasteiger partial charge in [0.25, 0.3) is 5.88 Å². The summed E-state index contributed by atoms with van der Waals surface area (Å²) < 4.78 is 5.90. The van der Waals surface area contributed by atoms with E-state index in [9.17, 15) is 15.2 Å². The van der Waals surface area contributed by atoms with E-state index in [1.54, 1.807) is 13.8 Å². The second-order valence-corrected chi connectivity index (χ2v) is 6.75. The van der Waals surface area contributed by atoms with Gasteiger partial charge in [0.15, 0.2) is 0 Å². The number of aromatic nitrogens is 2. The lowest BCUT2D eigenvalue weighted by Crippen LogP contribution is -2.34. The van der Waals surface area contributed by atoms with E-state index < -0.39 is 17.1 Å². The lowest BCUT2D eigenvalue weighted by Gasteiger charge is -2.23. The quantitative estimate of drug-likeness (QED) is 0.544. The topological polar surface area (TPSA) is 119 Å². The SMILES string of the molecule is CCC[C@H]1CC(CCCO)[C@H](Oc2nc(C)nc(C)c2[N+](=O)[O-])[C@@H]1O. The van der Waals surface area contributed by atoms with Gasteiger partial charge in [-0.05, 0) is 51.4 Å². The van der Waals surface area contributed by atoms with Crippen LogP contribution in [0.1, 0.15) is 50.5 Å². The summed E-state index contributed by atoms with van der Waals surface area (Å²) in [5, 5.41) is 31.2. The Balaban J connectivity index is 2.30. The molecule has 0 aromatic carbocycles. The molecule has 0 saturated heterocycles. The molecule has 140 valence electrons. The average molecular weight is 353 g/mol. The molecule has 1 unspecified atom stereocenters. The van der Waals surface area contributed by atoms with Crippen molar-refractivity contribution in [3.05, 3.63) is 21.6 Å². The number of aliphatic hydroxyl groups excluding tert-OH is 2. The van der Waals surface area contributed by atoms with Crippen molar-refractivity contribution in [2.45, 2.75) is 65.1 Å². The maximum absolute atomic E-state index is 11.4. The van der Waals surface area contributed by atoms with Gasteiger partial charge in [0.1, 0.15) is 17.6 Å². The highest BCUT2D eigenvalue weighted by Gasteiger charge is 2.44. The molecule has 25 heavy (non-hydrogen) atoms. The molecule has 0 spiro atoms. The summed E-state index contributed by atoms with van der Waals surface area (Å²) in [6.07, 6.45) is 2.67. The first kappa shape index (κ1) is 19.5. The van der Waals surface area contributed by atoms with E-state index in [0.717, 1.165) is 19.3 Å². The Morgan fingerprint density at radius 3 is 2.60 bits per heavy atom. The summed E-state index contributed by atoms with van der Waals surface area (Å²) in [7, 11) is 0. The van der Waals surface area contributed by atoms with Gasteiger partial charge in [0, 0.05) is 6.61 Å². The monoisotopic (exact) mass is 353 g/mol. The van der Waals surface area contributed by atoms with Crippen LogP contribution in [0.3, 0.4) is 0 Å². The van der Waals surface area contributed by atoms with Gasteiger partial charge in [-0.3, -0.25) is 10.1 Å². The number of hydrogen-bond donors (Lipinski definition) is 2. The molecule has 1 aliphatic rings. The highest BCUT2D eigenvalue weighted by atomic mass is 16.6. The highest BCUT2D eigenvalue weighted by molar-refractivity contribution is 5.45. The maximum atomic E-state index is 11.4. The molecular weight excluding hydrogens is 326 g/mol. The average Bonchev–Trinajstić information content (AvgIpc) is 2.81. The molecule has 0 bridgehead atoms. The van der Waals surface area contributed by atoms with E-state index >= 15 is 0 Å². The predicted molar refractivity (Wildman–Crippen MR) is 91.4 cm³/mol. The second-order valence-electron chi connectivity index (χ2n) is 6.75. The van der Waals surface area contributed by atoms with Crippen molar-refractivity contribution >= 4 is 5.69 Å². The van der Waals surface area contributed by atoms with Crippen LogP contribution in [0, 0.1) is 35.8 Å². The fourth-order valence-electron chi connectivity index (χ4n) is 3.77. The Morgan fingerprint density at radius 1 is 1.28 bits per heavy atom. The Labute approximate surface area is 147 Å². The van der Waals surface area contributed by atoms with Gasteiger partial charge in [-0.25, -0.2) is 4.98 Å². The largest absolute Gasteiger partial charge is 0.466 e. The van der Waals surface area contributed by atoms with Crippen LogP contribution in [0.25, 0.3) is 0 Å². The van der Waals surface area contributed by atoms with Crippen LogP contribution >= 0.6 is 0 Å². The van der Waals surface area contributed by atoms with E-state index in [-0.39, 0.29) is 35.7 Å². The Bertz CT molecular complexity index is 610. The molecule has 0 aliphatic heterocycles. The van der Waals surface area contributed by atoms with E-state index in [1.807, 2.05) is 0 Å². The van der Waals surface area contributed by atoms with E-state index in [4.69, 9.17) is 9.84 Å². The first-order valence-electron chi connectivity index (χ1n) is 8.84. The zero-order chi connectivity index (χ0) is 18.6. The second kappa shape index (κ2) is 8.53. The Hall–Kier alpha value is -1.80. The minimum absolute atomic E-state index is 0.0360. The number of nitro groups is 1. The molecule has 1 aliphatic carbocycles. The van der Waals surface area contributed by atoms with Crippen molar-refractivity contribution in [2.75, 3.05) is 6.61 Å². The Morgan fingerprint density at radius 2 is 2.00 bits per heavy atom. The van der Waals surface area contributed by atoms with Crippen molar-refractivity contribution in [1.29, 1.82) is 0 Å². The molecule has 1 heterocycles. The van der Waals surface area contributed by atoms with Gasteiger partial charge < -0.3 is 14.9 Å². The van der Waals surface area contributed by atoms with Crippen molar-refractivity contribution < 1.29 is 19.9 Å². The number of rotatable bonds is 8. The van der Waals surface area contributed by atoms with Crippen molar-refractivity contribution in [3.8, 4) is 5.88 Å². The number of aliphatic hydroxyl groups is 2. The number of ether oxygens (including phenoxy) is 1. The zero-order valence-corrected chi connectivity index (χ0v) is 15.0. The fourth-order valence-corrected chi connectivity index (χ4v) is 3.77. The van der Waals surface area contributed by atoms with E-state index in [1.165, 1.54) is 0 Å². The molecule has 2 N–H and O–H groups in total. The highest BCUT2D eigenvalue weighted by Crippen LogP contribution is 2.40. The Kier molecular flexibility index (Phi) is 6.66. The number of aryl methyl sites for hydroxylation is 2. The van der Waals surface area contributed by atoms with Crippen LogP contribution < -0.4 is 4.74 Å². The van der Waals surface area contributed by atoms with Crippen molar-refractivity contribution in [3.63, 3.8) is 0 Å². The first-order valence-corrected chi connectivity index (χ1v) is 8.84. The standard InChI is InChI=1S/C17H27N3O5/c1-4-6-12-9-13(7-5-8-21)16(15(12)22)25-17-14(20(23)24)10(2)18-11(3)19-17/h12-13,15-16,21-22H,4-9H2,1-3H3/t12-,13?,15+,16-/m0/s1. The molecule has 0 radical (unpaired) electrons. The summed E-state index contributed by atoms with van der Waals surface area (Å²) in [4.78, 5) is 19.0. The lowest BCUT2D eigenvalue weighted by atomic mass is 9.97. The van der Waals surface area contributed by atoms with Gasteiger partial charge >= 0.3 is 5.69 Å². The van der Waals surface area contributed by atoms with Crippen LogP contribution in [0.4, 0.5) is 5.69 Å². The van der Waals surface area contributed by atoms with Crippen LogP contribution in [-0.2, 0) is 0 Å². The van der Waals surface area contributed by atoms with Gasteiger partial charge in [-0.1, -0.05) is 13.3 Å². The molecule has 8 nitrogen and oxygen atoms in total. The third-order valence-electron chi connectivity index (χ3n) is 4.85. The molecule has 1 fully saturated rings. The molecule has 1 aromatic heterocycles. The normalized spacial score (nSPS) is 26.0. The molecule has 1 aromatic rings. The molecule has 1 saturated carbocycles. The van der Waals surface area contributed by atoms with E-state index in [0.29, 0.717) is 18.7 Å². The molecule has 8 heteroatoms. The van der Waals surface area contributed by atoms with Crippen LogP contribution in [0.5, 0.6) is 5.88 Å². The third kappa shape index (κ3) is 4.43. The summed E-state index contributed by atoms with van der Waals surface area (Å²) in [6.45, 7) is 5.33. The van der Waals surface area contributed by atoms with Crippen molar-refractivity contribution in [2.24, 2.45) is 11.8 Å². The van der Waals surface area contributed by atoms with Crippen LogP contribution in [0.2, 0.25) is 0 Å². The minimum Gasteiger partial charge on any atom is -0.466 e. The number of hydrogen-bond acceptors (Lipinski definition) is 7. The predicted octanol–water partition coefficient (Wildman–Crippen LogP) is 2.32. The molecule has 4 atom stereocenters. The van der Waals surface area contributed by atoms with E-state index in [2.05, 4.69) is 16.9 Å². The molecular formula is C17H27N3O5. The van der Waals surface area contributed by atoms with Gasteiger partial charge in [-0.2, -0.15) is 4.98 Å². The summed E-state index contributed by atoms with van der Waals surface area (Å²) >= 11 is 0. The molecule has 0 amide bonds. The smallest absolute Gasteiger partial charge is 0.351 e. The maximum Gasteiger partial charge on any atom is 0.351 e. The van der Waals surface area contributed by atoms with Crippen LogP contribution in [-0.4, -0.2) is 43.9 Å². The fraction of sp³-hybridized carbons (Fsp3) is 0.765. The van der Waals surface area contributed by atoms with Gasteiger partial charge in [0.2, 0.25) is 0 Å². The lowest BCUT2D eigenvalue weighted by molar-refractivity contribution is -0.387. The van der Waals surface area contributed by atoms with Gasteiger partial charge in [0.05, 0.1) is 11.0 Å². The molecule has 2 rings (SSSR count). The van der Waals surface area contributed by atoms with Crippen molar-refractivity contribution in [1.82, 2.24) is 9.97 Å². The van der Waals surface area contributed by atoms with Crippen LogP contribution in [0.15, 0.2) is 0 Å². The summed E-state index contributed by atoms with van der Waals surface area (Å²) in [6, 6.07) is 0. The minimum atomic E-state index is -0.696.